The number of rotatable bonds is 65. The van der Waals surface area contributed by atoms with Crippen LogP contribution >= 0.6 is 53.4 Å². The summed E-state index contributed by atoms with van der Waals surface area (Å²) in [5.41, 5.74) is 23.8. The molecule has 2 aliphatic heterocycles. The van der Waals surface area contributed by atoms with E-state index in [1.54, 1.807) is 27.7 Å². The molecule has 0 aliphatic carbocycles. The van der Waals surface area contributed by atoms with Crippen molar-refractivity contribution in [3.8, 4) is 0 Å². The molecule has 7 unspecified atom stereocenters. The van der Waals surface area contributed by atoms with Crippen LogP contribution in [0.3, 0.4) is 0 Å². The number of carboxylic acids is 2. The molecule has 0 aromatic heterocycles. The van der Waals surface area contributed by atoms with Crippen molar-refractivity contribution in [1.29, 1.82) is 0 Å². The molecular formula is C93H163Br2N17O29S2. The quantitative estimate of drug-likeness (QED) is 0.00607. The Morgan fingerprint density at radius 3 is 1.55 bits per heavy atom. The van der Waals surface area contributed by atoms with Crippen LogP contribution in [0.2, 0.25) is 0 Å². The van der Waals surface area contributed by atoms with Crippen molar-refractivity contribution in [2.24, 2.45) is 54.9 Å². The number of hydrogen-bond donors (Lipinski definition) is 18. The van der Waals surface area contributed by atoms with Crippen molar-refractivity contribution in [3.63, 3.8) is 0 Å². The zero-order valence-corrected chi connectivity index (χ0v) is 89.9. The fourth-order valence-corrected chi connectivity index (χ4v) is 19.8. The predicted molar refractivity (Wildman–Crippen MR) is 543 cm³/mol. The van der Waals surface area contributed by atoms with Crippen LogP contribution < -0.4 is 76.5 Å². The first-order valence-corrected chi connectivity index (χ1v) is 52.9. The smallest absolute Gasteiger partial charge is 0.330 e. The van der Waals surface area contributed by atoms with Crippen molar-refractivity contribution in [2.45, 2.75) is 317 Å². The van der Waals surface area contributed by atoms with Crippen LogP contribution in [0.1, 0.15) is 254 Å². The second kappa shape index (κ2) is 73.4. The minimum atomic E-state index is -1.89. The number of nitrogens with one attached hydrogen (secondary N) is 9. The van der Waals surface area contributed by atoms with E-state index in [-0.39, 0.29) is 135 Å². The molecule has 0 radical (unpaired) electrons. The summed E-state index contributed by atoms with van der Waals surface area (Å²) in [5, 5.41) is 62.7. The van der Waals surface area contributed by atoms with Gasteiger partial charge in [0, 0.05) is 52.0 Å². The molecule has 2 saturated heterocycles. The molecule has 0 aromatic rings. The van der Waals surface area contributed by atoms with E-state index >= 15 is 0 Å². The highest BCUT2D eigenvalue weighted by Gasteiger charge is 2.50. The van der Waals surface area contributed by atoms with E-state index in [1.165, 1.54) is 119 Å². The first-order valence-electron chi connectivity index (χ1n) is 48.9. The Labute approximate surface area is 864 Å². The molecule has 0 aromatic carbocycles. The van der Waals surface area contributed by atoms with Crippen molar-refractivity contribution in [3.05, 3.63) is 0 Å². The number of nitrogens with two attached hydrogens (primary N) is 5. The molecule has 143 heavy (non-hydrogen) atoms. The van der Waals surface area contributed by atoms with Crippen molar-refractivity contribution >= 4 is 166 Å². The van der Waals surface area contributed by atoms with Gasteiger partial charge in [0.25, 0.3) is 0 Å². The molecule has 0 bridgehead atoms. The lowest BCUT2D eigenvalue weighted by Crippen LogP contribution is -2.58. The third-order valence-electron chi connectivity index (χ3n) is 23.0. The summed E-state index contributed by atoms with van der Waals surface area (Å²) in [6, 6.07) is -9.85. The highest BCUT2D eigenvalue weighted by atomic mass is 79.9. The van der Waals surface area contributed by atoms with Gasteiger partial charge in [-0.25, -0.2) is 4.79 Å². The minimum absolute atomic E-state index is 0.00135. The van der Waals surface area contributed by atoms with Crippen LogP contribution in [0, 0.1) is 16.2 Å². The number of ketones is 1. The second-order valence-corrected chi connectivity index (χ2v) is 43.6. The molecule has 12 atom stereocenters. The van der Waals surface area contributed by atoms with E-state index in [1.807, 2.05) is 0 Å². The number of aliphatic hydroxyl groups excluding tert-OH is 2. The van der Waals surface area contributed by atoms with Gasteiger partial charge in [0.05, 0.1) is 75.7 Å². The number of amides is 7. The lowest BCUT2D eigenvalue weighted by atomic mass is 9.70. The van der Waals surface area contributed by atoms with Gasteiger partial charge in [0.2, 0.25) is 41.4 Å². The fourth-order valence-electron chi connectivity index (χ4n) is 15.6. The highest BCUT2D eigenvalue weighted by molar-refractivity contribution is 9.10. The first-order chi connectivity index (χ1) is 67.4. The summed E-state index contributed by atoms with van der Waals surface area (Å²) < 4.78 is 38.9. The standard InChI is InChI=1S/C48H75BrN14O20S2.C45H88BrN3O9/c1-47(2,23-48(3,49)44(79)80-4)43(78)82-15-14-81-21-24(64)16-31-42(77)83-41(76)26(9-6-12-56-46(53)54)57-19-32(65)59-27(17-34(67)68)38(73)60-25(8-5-11-55-45(51)52)37(72)58-20-33(66)63-13-7-10-30(63)40(75)61-28(18-35(69)70)39(74)62-29(36(50)71)22-84-85-31;1-8-9-10-11-12-13-14-15-16-17-18-21-26-38(50)33-48-29-24-19-22-27-47-28-23-20-25-30-49-34-39(51)35-58-42(54)45(5,46)37-44(4,41(53)56-7)36-43(2,3)40(52)57-32-31-55-6/h25-31,57H,5-23H2,1-4H3,(H2,50,71)(H,58,72)(H,59,65)(H,60,73)(H,61,75)(H,62,74)(H,67,68)(H,69,70)(H4,51,52,55)(H4,53,54,56);38-39,47-51H,8-37H2,1-7H3/t25-,26+,27-,28-,29?,30?,31+,48?;/m0./s1. The summed E-state index contributed by atoms with van der Waals surface area (Å²) in [7, 11) is 5.17. The summed E-state index contributed by atoms with van der Waals surface area (Å²) in [5.74, 6) is -18.4. The monoisotopic (exact) mass is 2200 g/mol. The number of fused-ring (bicyclic) bond motifs is 1. The normalized spacial score (nSPS) is 19.6. The predicted octanol–water partition coefficient (Wildman–Crippen LogP) is 2.41. The van der Waals surface area contributed by atoms with Gasteiger partial charge in [-0.1, -0.05) is 150 Å². The number of alkyl halides is 2. The fraction of sp³-hybridized carbons (Fsp3) is 0.796. The Morgan fingerprint density at radius 2 is 1.01 bits per heavy atom. The number of primary amides is 1. The molecule has 2 heterocycles. The van der Waals surface area contributed by atoms with Gasteiger partial charge < -0.3 is 134 Å². The van der Waals surface area contributed by atoms with Gasteiger partial charge in [-0.05, 0) is 165 Å². The van der Waals surface area contributed by atoms with Crippen LogP contribution in [-0.2, 0) is 119 Å². The number of carbonyl (C=O) groups excluding carboxylic acids is 15. The summed E-state index contributed by atoms with van der Waals surface area (Å²) in [6.07, 6.45) is 19.5. The minimum Gasteiger partial charge on any atom is -0.481 e. The van der Waals surface area contributed by atoms with Crippen molar-refractivity contribution < 1.29 is 140 Å². The average Bonchev–Trinajstić information content (AvgIpc) is 1.67. The molecule has 2 aliphatic rings. The number of unbranched alkanes of at least 4 members (excludes halogenated alkanes) is 15. The number of carbonyl (C=O) groups is 17. The zero-order chi connectivity index (χ0) is 108. The molecule has 0 saturated carbocycles. The summed E-state index contributed by atoms with van der Waals surface area (Å²) in [4.78, 5) is 232. The number of esters is 7. The molecule has 46 nitrogen and oxygen atoms in total. The van der Waals surface area contributed by atoms with Crippen LogP contribution in [-0.4, -0.2) is 339 Å². The number of nitrogens with zero attached hydrogens (tertiary/aromatic N) is 3. The molecular weight excluding hydrogens is 2040 g/mol. The number of aliphatic carboxylic acids is 2. The van der Waals surface area contributed by atoms with E-state index in [0.29, 0.717) is 28.1 Å². The Bertz CT molecular complexity index is 4010. The number of carboxylic acid groups (broad SMARTS) is 2. The second-order valence-electron chi connectivity index (χ2n) is 37.5. The Balaban J connectivity index is 0.00000154. The van der Waals surface area contributed by atoms with Crippen LogP contribution in [0.25, 0.3) is 0 Å². The summed E-state index contributed by atoms with van der Waals surface area (Å²) >= 11 is 6.70. The van der Waals surface area contributed by atoms with E-state index in [2.05, 4.69) is 96.6 Å². The van der Waals surface area contributed by atoms with Gasteiger partial charge in [-0.15, -0.1) is 0 Å². The number of aliphatic imine (C=N–C) groups is 2. The van der Waals surface area contributed by atoms with Gasteiger partial charge in [-0.2, -0.15) is 0 Å². The highest BCUT2D eigenvalue weighted by Crippen LogP contribution is 2.45. The largest absolute Gasteiger partial charge is 0.481 e. The zero-order valence-electron chi connectivity index (χ0n) is 85.1. The van der Waals surface area contributed by atoms with Crippen LogP contribution in [0.4, 0.5) is 0 Å². The lowest BCUT2D eigenvalue weighted by Gasteiger charge is -2.37. The number of hydrogen-bond acceptors (Lipinski definition) is 35. The number of cyclic esters (lactones) is 2. The third-order valence-corrected chi connectivity index (χ3v) is 26.9. The SMILES string of the molecule is CCCCCCCCCCCCCCC(O)CNCCCCCNCCCCCNCC(O)COC(=O)C(C)(Br)CC(C)(CC(C)(C)C(=O)OCCOC)C(=O)OC.COC(=O)C(C)(Br)CC(C)(C)C(=O)OCCOCC(=O)C[C@H]1SSCC(C(N)=O)NC(=O)[C@H](CC(=O)O)NC(=O)C2CCCN2C(=O)CNC(=O)[C@H](CCCN=C(N)N)NC(=O)[C@H](CC(=O)O)NC(=O)CN[C@H](CCCN=C(N)N)C(=O)OC1=O. The lowest BCUT2D eigenvalue weighted by molar-refractivity contribution is -0.164. The first kappa shape index (κ1) is 132. The maximum absolute atomic E-state index is 13.9. The molecule has 0 spiro atoms. The summed E-state index contributed by atoms with van der Waals surface area (Å²) in [6.45, 7) is 15.1. The van der Waals surface area contributed by atoms with Gasteiger partial charge in [0.1, 0.15) is 82.7 Å². The molecule has 50 heteroatoms. The maximum Gasteiger partial charge on any atom is 0.330 e. The third kappa shape index (κ3) is 59.0. The maximum atomic E-state index is 13.9. The van der Waals surface area contributed by atoms with E-state index < -0.39 is 218 Å². The molecule has 7 amide bonds. The Morgan fingerprint density at radius 1 is 0.524 bits per heavy atom. The van der Waals surface area contributed by atoms with Gasteiger partial charge in [-0.3, -0.25) is 92.0 Å². The van der Waals surface area contributed by atoms with E-state index in [4.69, 9.17) is 66.6 Å². The number of aliphatic hydroxyl groups is 2. The molecule has 2 fully saturated rings. The number of Topliss-reactive ketones (excluding diaryl/α,β-unsaturated/α-hetero) is 1. The number of guanidine groups is 2. The van der Waals surface area contributed by atoms with Crippen molar-refractivity contribution in [2.75, 3.05) is 139 Å². The van der Waals surface area contributed by atoms with Gasteiger partial charge in [0.15, 0.2) is 17.7 Å². The van der Waals surface area contributed by atoms with Crippen molar-refractivity contribution in [1.82, 2.24) is 52.8 Å². The Hall–Kier alpha value is -8.73. The van der Waals surface area contributed by atoms with E-state index in [0.717, 1.165) is 76.0 Å². The van der Waals surface area contributed by atoms with E-state index in [9.17, 15) is 102 Å². The van der Waals surface area contributed by atoms with Crippen LogP contribution in [0.5, 0.6) is 0 Å². The number of methoxy groups -OCH3 is 3. The van der Waals surface area contributed by atoms with Gasteiger partial charge >= 0.3 is 53.7 Å². The molecule has 23 N–H and O–H groups in total. The molecule has 2 rings (SSSR count). The van der Waals surface area contributed by atoms with Crippen LogP contribution in [0.15, 0.2) is 9.98 Å². The average molecular weight is 2210 g/mol. The Kier molecular flexibility index (Phi) is 67.9. The number of halogens is 2. The number of ether oxygens (including phenoxy) is 8. The topological polar surface area (TPSA) is 711 Å². The molecule has 820 valence electrons.